The number of nitrogens with one attached hydrogen (secondary N) is 1. The molecule has 5 rings (SSSR count). The zero-order valence-electron chi connectivity index (χ0n) is 20.5. The molecule has 0 fully saturated rings. The Morgan fingerprint density at radius 2 is 1.46 bits per heavy atom. The molecule has 0 bridgehead atoms. The number of hydrazone groups is 1. The number of rotatable bonds is 7. The first-order valence-electron chi connectivity index (χ1n) is 11.9. The average molecular weight is 504 g/mol. The monoisotopic (exact) mass is 503 g/mol. The van der Waals surface area contributed by atoms with E-state index in [4.69, 9.17) is 9.72 Å². The SMILES string of the molecule is Cc1ccc(C(=O)Oc2ccc(/C=N\Nc3nc(-c4ccc(C)cc4)c(-c4ccccc4)s3)cc2)cc1. The largest absolute Gasteiger partial charge is 0.423 e. The number of aryl methyl sites for hydroxylation is 2. The fraction of sp³-hybridized carbons (Fsp3) is 0.0645. The van der Waals surface area contributed by atoms with Gasteiger partial charge in [-0.2, -0.15) is 5.10 Å². The van der Waals surface area contributed by atoms with Gasteiger partial charge in [0.1, 0.15) is 5.75 Å². The van der Waals surface area contributed by atoms with Crippen molar-refractivity contribution in [1.82, 2.24) is 4.98 Å². The molecule has 0 radical (unpaired) electrons. The molecule has 4 aromatic carbocycles. The second kappa shape index (κ2) is 11.0. The molecule has 0 saturated heterocycles. The highest BCUT2D eigenvalue weighted by molar-refractivity contribution is 7.19. The van der Waals surface area contributed by atoms with Gasteiger partial charge >= 0.3 is 5.97 Å². The number of aromatic nitrogens is 1. The van der Waals surface area contributed by atoms with Gasteiger partial charge in [-0.1, -0.05) is 89.2 Å². The van der Waals surface area contributed by atoms with E-state index < -0.39 is 0 Å². The van der Waals surface area contributed by atoms with E-state index in [9.17, 15) is 4.79 Å². The predicted octanol–water partition coefficient (Wildman–Crippen LogP) is 7.76. The molecule has 1 heterocycles. The Balaban J connectivity index is 1.28. The molecule has 0 aliphatic rings. The van der Waals surface area contributed by atoms with Crippen molar-refractivity contribution >= 4 is 28.7 Å². The lowest BCUT2D eigenvalue weighted by atomic mass is 10.1. The molecule has 5 nitrogen and oxygen atoms in total. The molecule has 0 aliphatic heterocycles. The van der Waals surface area contributed by atoms with Crippen molar-refractivity contribution in [3.8, 4) is 27.4 Å². The Morgan fingerprint density at radius 1 is 0.811 bits per heavy atom. The number of esters is 1. The Hall–Kier alpha value is -4.55. The highest BCUT2D eigenvalue weighted by atomic mass is 32.1. The molecule has 5 aromatic rings. The van der Waals surface area contributed by atoms with Crippen LogP contribution in [0.1, 0.15) is 27.0 Å². The van der Waals surface area contributed by atoms with E-state index in [-0.39, 0.29) is 5.97 Å². The summed E-state index contributed by atoms with van der Waals surface area (Å²) in [6.45, 7) is 4.05. The summed E-state index contributed by atoms with van der Waals surface area (Å²) in [5, 5.41) is 5.08. The molecule has 182 valence electrons. The summed E-state index contributed by atoms with van der Waals surface area (Å²) in [6, 6.07) is 33.1. The molecule has 0 unspecified atom stereocenters. The average Bonchev–Trinajstić information content (AvgIpc) is 3.35. The maximum atomic E-state index is 12.3. The quantitative estimate of drug-likeness (QED) is 0.107. The number of hydrogen-bond donors (Lipinski definition) is 1. The molecule has 37 heavy (non-hydrogen) atoms. The fourth-order valence-electron chi connectivity index (χ4n) is 3.70. The molecule has 0 atom stereocenters. The van der Waals surface area contributed by atoms with Gasteiger partial charge in [-0.15, -0.1) is 0 Å². The lowest BCUT2D eigenvalue weighted by Gasteiger charge is -2.05. The smallest absolute Gasteiger partial charge is 0.343 e. The normalized spacial score (nSPS) is 11.0. The van der Waals surface area contributed by atoms with Crippen LogP contribution in [0.3, 0.4) is 0 Å². The number of carbonyl (C=O) groups excluding carboxylic acids is 1. The van der Waals surface area contributed by atoms with Crippen LogP contribution in [-0.4, -0.2) is 17.2 Å². The van der Waals surface area contributed by atoms with Gasteiger partial charge in [0.05, 0.1) is 22.3 Å². The van der Waals surface area contributed by atoms with Crippen LogP contribution >= 0.6 is 11.3 Å². The number of nitrogens with zero attached hydrogens (tertiary/aromatic N) is 2. The third-order valence-corrected chi connectivity index (χ3v) is 6.75. The maximum Gasteiger partial charge on any atom is 0.343 e. The second-order valence-corrected chi connectivity index (χ2v) is 9.62. The summed E-state index contributed by atoms with van der Waals surface area (Å²) in [4.78, 5) is 18.2. The number of carbonyl (C=O) groups is 1. The van der Waals surface area contributed by atoms with E-state index in [1.54, 1.807) is 41.8 Å². The van der Waals surface area contributed by atoms with Crippen LogP contribution in [0.15, 0.2) is 108 Å². The van der Waals surface area contributed by atoms with Crippen molar-refractivity contribution in [2.45, 2.75) is 13.8 Å². The molecule has 0 aliphatic carbocycles. The third kappa shape index (κ3) is 6.00. The summed E-state index contributed by atoms with van der Waals surface area (Å²) < 4.78 is 5.47. The number of thiazole rings is 1. The minimum atomic E-state index is -0.384. The fourth-order valence-corrected chi connectivity index (χ4v) is 4.64. The number of hydrogen-bond acceptors (Lipinski definition) is 6. The van der Waals surface area contributed by atoms with Crippen molar-refractivity contribution in [2.75, 3.05) is 5.43 Å². The Morgan fingerprint density at radius 3 is 2.14 bits per heavy atom. The van der Waals surface area contributed by atoms with Crippen LogP contribution in [0.25, 0.3) is 21.7 Å². The summed E-state index contributed by atoms with van der Waals surface area (Å²) in [5.41, 5.74) is 9.85. The van der Waals surface area contributed by atoms with E-state index in [1.165, 1.54) is 5.56 Å². The number of ether oxygens (including phenoxy) is 1. The number of benzene rings is 4. The summed E-state index contributed by atoms with van der Waals surface area (Å²) in [5.74, 6) is 0.0938. The van der Waals surface area contributed by atoms with Gasteiger partial charge in [-0.05, 0) is 61.4 Å². The minimum Gasteiger partial charge on any atom is -0.423 e. The molecular formula is C31H25N3O2S. The molecule has 6 heteroatoms. The van der Waals surface area contributed by atoms with Crippen molar-refractivity contribution in [2.24, 2.45) is 5.10 Å². The van der Waals surface area contributed by atoms with Crippen molar-refractivity contribution in [3.05, 3.63) is 125 Å². The van der Waals surface area contributed by atoms with E-state index in [2.05, 4.69) is 53.8 Å². The summed E-state index contributed by atoms with van der Waals surface area (Å²) in [6.07, 6.45) is 1.71. The first-order chi connectivity index (χ1) is 18.0. The van der Waals surface area contributed by atoms with Crippen LogP contribution in [-0.2, 0) is 0 Å². The minimum absolute atomic E-state index is 0.384. The molecular weight excluding hydrogens is 478 g/mol. The van der Waals surface area contributed by atoms with Gasteiger partial charge < -0.3 is 4.74 Å². The van der Waals surface area contributed by atoms with E-state index in [0.717, 1.165) is 32.8 Å². The Kier molecular flexibility index (Phi) is 7.19. The van der Waals surface area contributed by atoms with Gasteiger partial charge in [0.25, 0.3) is 0 Å². The van der Waals surface area contributed by atoms with Crippen LogP contribution in [0.2, 0.25) is 0 Å². The molecule has 1 N–H and O–H groups in total. The van der Waals surface area contributed by atoms with Gasteiger partial charge in [0.15, 0.2) is 0 Å². The number of anilines is 1. The lowest BCUT2D eigenvalue weighted by Crippen LogP contribution is -2.08. The van der Waals surface area contributed by atoms with Crippen LogP contribution in [0.4, 0.5) is 5.13 Å². The van der Waals surface area contributed by atoms with Crippen LogP contribution < -0.4 is 10.2 Å². The van der Waals surface area contributed by atoms with E-state index >= 15 is 0 Å². The van der Waals surface area contributed by atoms with Crippen LogP contribution in [0.5, 0.6) is 5.75 Å². The highest BCUT2D eigenvalue weighted by Crippen LogP contribution is 2.39. The van der Waals surface area contributed by atoms with Crippen molar-refractivity contribution < 1.29 is 9.53 Å². The first-order valence-corrected chi connectivity index (χ1v) is 12.7. The van der Waals surface area contributed by atoms with Crippen LogP contribution in [0, 0.1) is 13.8 Å². The summed E-state index contributed by atoms with van der Waals surface area (Å²) in [7, 11) is 0. The summed E-state index contributed by atoms with van der Waals surface area (Å²) >= 11 is 1.56. The van der Waals surface area contributed by atoms with Gasteiger partial charge in [-0.3, -0.25) is 5.43 Å². The topological polar surface area (TPSA) is 63.6 Å². The molecule has 0 amide bonds. The maximum absolute atomic E-state index is 12.3. The van der Waals surface area contributed by atoms with Gasteiger partial charge in [-0.25, -0.2) is 9.78 Å². The Labute approximate surface area is 220 Å². The molecule has 0 saturated carbocycles. The van der Waals surface area contributed by atoms with Gasteiger partial charge in [0, 0.05) is 5.56 Å². The van der Waals surface area contributed by atoms with Crippen molar-refractivity contribution in [1.29, 1.82) is 0 Å². The van der Waals surface area contributed by atoms with Crippen molar-refractivity contribution in [3.63, 3.8) is 0 Å². The zero-order valence-corrected chi connectivity index (χ0v) is 21.3. The first kappa shape index (κ1) is 24.2. The van der Waals surface area contributed by atoms with E-state index in [1.807, 2.05) is 49.4 Å². The van der Waals surface area contributed by atoms with Gasteiger partial charge in [0.2, 0.25) is 5.13 Å². The lowest BCUT2D eigenvalue weighted by molar-refractivity contribution is 0.0734. The predicted molar refractivity (Wildman–Crippen MR) is 152 cm³/mol. The zero-order chi connectivity index (χ0) is 25.6. The highest BCUT2D eigenvalue weighted by Gasteiger charge is 2.15. The Bertz CT molecular complexity index is 1520. The second-order valence-electron chi connectivity index (χ2n) is 8.62. The standard InChI is InChI=1S/C31H25N3O2S/c1-21-8-14-24(15-9-21)28-29(25-6-4-3-5-7-25)37-31(33-28)34-32-20-23-12-18-27(19-13-23)36-30(35)26-16-10-22(2)11-17-26/h3-20H,1-2H3,(H,33,34)/b32-20-. The van der Waals surface area contributed by atoms with E-state index in [0.29, 0.717) is 16.4 Å². The molecule has 0 spiro atoms. The molecule has 1 aromatic heterocycles. The third-order valence-electron chi connectivity index (χ3n) is 5.74.